The standard InChI is InChI=1S/C16H32N4O/c1-3-5-10-19-16(17-4-2)20-12-11-18-15(21)13-14-8-6-7-9-14/h14H,3-13H2,1-2H3,(H,18,21)(H2,17,19,20). The number of nitrogens with one attached hydrogen (secondary N) is 3. The van der Waals surface area contributed by atoms with E-state index in [-0.39, 0.29) is 5.91 Å². The van der Waals surface area contributed by atoms with Crippen LogP contribution in [0.1, 0.15) is 58.8 Å². The SMILES string of the molecule is CCCCN=C(NCC)NCCNC(=O)CC1CCCC1. The third kappa shape index (κ3) is 8.58. The van der Waals surface area contributed by atoms with Crippen LogP contribution in [0.5, 0.6) is 0 Å². The molecule has 0 aromatic heterocycles. The van der Waals surface area contributed by atoms with Gasteiger partial charge in [-0.05, 0) is 32.1 Å². The van der Waals surface area contributed by atoms with Gasteiger partial charge in [-0.2, -0.15) is 0 Å². The van der Waals surface area contributed by atoms with Crippen LogP contribution in [0.25, 0.3) is 0 Å². The van der Waals surface area contributed by atoms with Gasteiger partial charge in [-0.15, -0.1) is 0 Å². The number of unbranched alkanes of at least 4 members (excludes halogenated alkanes) is 1. The second kappa shape index (κ2) is 11.4. The molecule has 0 bridgehead atoms. The van der Waals surface area contributed by atoms with Crippen molar-refractivity contribution in [2.75, 3.05) is 26.2 Å². The van der Waals surface area contributed by atoms with Crippen molar-refractivity contribution >= 4 is 11.9 Å². The molecule has 5 heteroatoms. The summed E-state index contributed by atoms with van der Waals surface area (Å²) in [6.45, 7) is 7.29. The lowest BCUT2D eigenvalue weighted by atomic mass is 10.0. The van der Waals surface area contributed by atoms with Crippen molar-refractivity contribution in [1.82, 2.24) is 16.0 Å². The maximum Gasteiger partial charge on any atom is 0.220 e. The molecule has 0 heterocycles. The Hall–Kier alpha value is -1.26. The lowest BCUT2D eigenvalue weighted by Crippen LogP contribution is -2.41. The Kier molecular flexibility index (Phi) is 9.66. The largest absolute Gasteiger partial charge is 0.357 e. The molecule has 1 saturated carbocycles. The molecule has 1 amide bonds. The molecule has 1 fully saturated rings. The summed E-state index contributed by atoms with van der Waals surface area (Å²) in [5, 5.41) is 9.46. The van der Waals surface area contributed by atoms with Crippen molar-refractivity contribution < 1.29 is 4.79 Å². The fourth-order valence-electron chi connectivity index (χ4n) is 2.62. The monoisotopic (exact) mass is 296 g/mol. The molecule has 0 aromatic rings. The third-order valence-electron chi connectivity index (χ3n) is 3.81. The molecule has 5 nitrogen and oxygen atoms in total. The van der Waals surface area contributed by atoms with Crippen molar-refractivity contribution in [3.63, 3.8) is 0 Å². The number of amides is 1. The molecule has 21 heavy (non-hydrogen) atoms. The predicted octanol–water partition coefficient (Wildman–Crippen LogP) is 2.04. The van der Waals surface area contributed by atoms with Gasteiger partial charge < -0.3 is 16.0 Å². The maximum atomic E-state index is 11.8. The number of rotatable bonds is 9. The molecule has 0 aliphatic heterocycles. The van der Waals surface area contributed by atoms with Crippen molar-refractivity contribution in [2.24, 2.45) is 10.9 Å². The van der Waals surface area contributed by atoms with Crippen molar-refractivity contribution in [2.45, 2.75) is 58.8 Å². The minimum absolute atomic E-state index is 0.191. The molecule has 0 saturated heterocycles. The van der Waals surface area contributed by atoms with Crippen molar-refractivity contribution in [3.8, 4) is 0 Å². The van der Waals surface area contributed by atoms with E-state index in [9.17, 15) is 4.79 Å². The number of nitrogens with zero attached hydrogens (tertiary/aromatic N) is 1. The summed E-state index contributed by atoms with van der Waals surface area (Å²) in [4.78, 5) is 16.3. The van der Waals surface area contributed by atoms with E-state index < -0.39 is 0 Å². The van der Waals surface area contributed by atoms with E-state index in [1.807, 2.05) is 0 Å². The van der Waals surface area contributed by atoms with Crippen LogP contribution in [-0.2, 0) is 4.79 Å². The lowest BCUT2D eigenvalue weighted by molar-refractivity contribution is -0.121. The fraction of sp³-hybridized carbons (Fsp3) is 0.875. The van der Waals surface area contributed by atoms with Crippen LogP contribution in [0.2, 0.25) is 0 Å². The lowest BCUT2D eigenvalue weighted by Gasteiger charge is -2.13. The van der Waals surface area contributed by atoms with Gasteiger partial charge in [0.25, 0.3) is 0 Å². The summed E-state index contributed by atoms with van der Waals surface area (Å²) in [7, 11) is 0. The van der Waals surface area contributed by atoms with Gasteiger partial charge >= 0.3 is 0 Å². The van der Waals surface area contributed by atoms with Crippen LogP contribution in [0.3, 0.4) is 0 Å². The predicted molar refractivity (Wildman–Crippen MR) is 88.5 cm³/mol. The van der Waals surface area contributed by atoms with E-state index in [1.165, 1.54) is 25.7 Å². The van der Waals surface area contributed by atoms with Crippen LogP contribution in [-0.4, -0.2) is 38.0 Å². The Bertz CT molecular complexity index is 311. The zero-order valence-corrected chi connectivity index (χ0v) is 13.7. The number of carbonyl (C=O) groups is 1. The van der Waals surface area contributed by atoms with Gasteiger partial charge in [-0.25, -0.2) is 0 Å². The van der Waals surface area contributed by atoms with Gasteiger partial charge in [0.2, 0.25) is 5.91 Å². The smallest absolute Gasteiger partial charge is 0.220 e. The van der Waals surface area contributed by atoms with Crippen LogP contribution in [0.4, 0.5) is 0 Å². The first-order valence-electron chi connectivity index (χ1n) is 8.55. The van der Waals surface area contributed by atoms with E-state index >= 15 is 0 Å². The molecule has 0 atom stereocenters. The molecular weight excluding hydrogens is 264 g/mol. The van der Waals surface area contributed by atoms with E-state index in [0.717, 1.165) is 31.9 Å². The number of hydrogen-bond donors (Lipinski definition) is 3. The molecule has 1 aliphatic carbocycles. The zero-order chi connectivity index (χ0) is 15.3. The van der Waals surface area contributed by atoms with Gasteiger partial charge in [0, 0.05) is 32.6 Å². The number of aliphatic imine (C=N–C) groups is 1. The third-order valence-corrected chi connectivity index (χ3v) is 3.81. The first-order valence-corrected chi connectivity index (χ1v) is 8.55. The summed E-state index contributed by atoms with van der Waals surface area (Å²) in [6.07, 6.45) is 7.99. The average Bonchev–Trinajstić information content (AvgIpc) is 2.96. The quantitative estimate of drug-likeness (QED) is 0.346. The highest BCUT2D eigenvalue weighted by atomic mass is 16.1. The molecular formula is C16H32N4O. The molecule has 1 rings (SSSR count). The topological polar surface area (TPSA) is 65.5 Å². The molecule has 0 unspecified atom stereocenters. The highest BCUT2D eigenvalue weighted by Crippen LogP contribution is 2.27. The molecule has 0 aromatic carbocycles. The van der Waals surface area contributed by atoms with Gasteiger partial charge in [0.15, 0.2) is 5.96 Å². The summed E-state index contributed by atoms with van der Waals surface area (Å²) in [5.74, 6) is 1.65. The van der Waals surface area contributed by atoms with Gasteiger partial charge in [-0.3, -0.25) is 9.79 Å². The Labute approximate surface area is 129 Å². The summed E-state index contributed by atoms with van der Waals surface area (Å²) >= 11 is 0. The Morgan fingerprint density at radius 2 is 1.81 bits per heavy atom. The van der Waals surface area contributed by atoms with E-state index in [2.05, 4.69) is 34.8 Å². The zero-order valence-electron chi connectivity index (χ0n) is 13.7. The Balaban J connectivity index is 2.11. The van der Waals surface area contributed by atoms with Gasteiger partial charge in [0.05, 0.1) is 0 Å². The summed E-state index contributed by atoms with van der Waals surface area (Å²) in [5.41, 5.74) is 0. The second-order valence-corrected chi connectivity index (χ2v) is 5.75. The first kappa shape index (κ1) is 17.8. The number of hydrogen-bond acceptors (Lipinski definition) is 2. The van der Waals surface area contributed by atoms with Crippen molar-refractivity contribution in [3.05, 3.63) is 0 Å². The number of carbonyl (C=O) groups excluding carboxylic acids is 1. The van der Waals surface area contributed by atoms with E-state index in [4.69, 9.17) is 0 Å². The van der Waals surface area contributed by atoms with Crippen LogP contribution >= 0.6 is 0 Å². The summed E-state index contributed by atoms with van der Waals surface area (Å²) in [6, 6.07) is 0. The first-order chi connectivity index (χ1) is 10.3. The van der Waals surface area contributed by atoms with E-state index in [1.54, 1.807) is 0 Å². The minimum Gasteiger partial charge on any atom is -0.357 e. The van der Waals surface area contributed by atoms with Crippen LogP contribution in [0.15, 0.2) is 4.99 Å². The Morgan fingerprint density at radius 3 is 2.48 bits per heavy atom. The highest BCUT2D eigenvalue weighted by molar-refractivity contribution is 5.80. The normalized spacial score (nSPS) is 16.0. The molecule has 122 valence electrons. The highest BCUT2D eigenvalue weighted by Gasteiger charge is 2.17. The molecule has 1 aliphatic rings. The minimum atomic E-state index is 0.191. The van der Waals surface area contributed by atoms with Crippen LogP contribution in [0, 0.1) is 5.92 Å². The molecule has 0 radical (unpaired) electrons. The van der Waals surface area contributed by atoms with Crippen LogP contribution < -0.4 is 16.0 Å². The molecule has 3 N–H and O–H groups in total. The van der Waals surface area contributed by atoms with Gasteiger partial charge in [-0.1, -0.05) is 26.2 Å². The van der Waals surface area contributed by atoms with E-state index in [0.29, 0.717) is 25.4 Å². The van der Waals surface area contributed by atoms with Gasteiger partial charge in [0.1, 0.15) is 0 Å². The maximum absolute atomic E-state index is 11.8. The second-order valence-electron chi connectivity index (χ2n) is 5.75. The Morgan fingerprint density at radius 1 is 1.10 bits per heavy atom. The summed E-state index contributed by atoms with van der Waals surface area (Å²) < 4.78 is 0. The average molecular weight is 296 g/mol. The molecule has 0 spiro atoms. The van der Waals surface area contributed by atoms with Crippen molar-refractivity contribution in [1.29, 1.82) is 0 Å². The number of guanidine groups is 1. The fourth-order valence-corrected chi connectivity index (χ4v) is 2.62.